The van der Waals surface area contributed by atoms with Gasteiger partial charge in [0.15, 0.2) is 0 Å². The summed E-state index contributed by atoms with van der Waals surface area (Å²) in [6.45, 7) is 3.75. The van der Waals surface area contributed by atoms with Gasteiger partial charge in [-0.25, -0.2) is 0 Å². The van der Waals surface area contributed by atoms with Crippen molar-refractivity contribution in [2.75, 3.05) is 12.3 Å². The number of rotatable bonds is 4. The first-order valence-electron chi connectivity index (χ1n) is 5.32. The second-order valence-electron chi connectivity index (χ2n) is 4.70. The van der Waals surface area contributed by atoms with Crippen molar-refractivity contribution >= 4 is 17.3 Å². The molecule has 0 aliphatic carbocycles. The predicted octanol–water partition coefficient (Wildman–Crippen LogP) is 0.644. The van der Waals surface area contributed by atoms with Crippen LogP contribution in [0.3, 0.4) is 0 Å². The van der Waals surface area contributed by atoms with E-state index in [0.717, 1.165) is 6.07 Å². The topological polar surface area (TPSA) is 124 Å². The van der Waals surface area contributed by atoms with E-state index in [0.29, 0.717) is 0 Å². The van der Waals surface area contributed by atoms with Gasteiger partial charge < -0.3 is 16.8 Å². The summed E-state index contributed by atoms with van der Waals surface area (Å²) in [7, 11) is 0. The lowest BCUT2D eigenvalue weighted by Crippen LogP contribution is -2.45. The van der Waals surface area contributed by atoms with Crippen LogP contribution in [0.1, 0.15) is 24.2 Å². The van der Waals surface area contributed by atoms with Crippen molar-refractivity contribution in [3.63, 3.8) is 0 Å². The second-order valence-corrected chi connectivity index (χ2v) is 4.70. The predicted molar refractivity (Wildman–Crippen MR) is 68.1 cm³/mol. The minimum absolute atomic E-state index is 0.0773. The lowest BCUT2D eigenvalue weighted by molar-refractivity contribution is -0.384. The third-order valence-electron chi connectivity index (χ3n) is 2.20. The van der Waals surface area contributed by atoms with E-state index in [1.807, 2.05) is 0 Å². The highest BCUT2D eigenvalue weighted by atomic mass is 16.6. The summed E-state index contributed by atoms with van der Waals surface area (Å²) in [5, 5.41) is 13.2. The number of nitrogens with zero attached hydrogens (tertiary/aromatic N) is 1. The maximum atomic E-state index is 11.8. The molecule has 1 aromatic carbocycles. The number of anilines is 1. The van der Waals surface area contributed by atoms with Gasteiger partial charge in [0.05, 0.1) is 10.5 Å². The summed E-state index contributed by atoms with van der Waals surface area (Å²) in [6, 6.07) is 3.73. The number of hydrogen-bond acceptors (Lipinski definition) is 5. The average molecular weight is 252 g/mol. The Labute approximate surface area is 104 Å². The number of hydrogen-bond donors (Lipinski definition) is 3. The number of nitro benzene ring substituents is 1. The highest BCUT2D eigenvalue weighted by Gasteiger charge is 2.17. The van der Waals surface area contributed by atoms with Crippen LogP contribution in [0.25, 0.3) is 0 Å². The molecule has 0 spiro atoms. The first-order valence-corrected chi connectivity index (χ1v) is 5.32. The van der Waals surface area contributed by atoms with Crippen molar-refractivity contribution in [1.82, 2.24) is 5.32 Å². The fourth-order valence-electron chi connectivity index (χ4n) is 1.26. The van der Waals surface area contributed by atoms with Crippen molar-refractivity contribution in [1.29, 1.82) is 0 Å². The van der Waals surface area contributed by atoms with E-state index in [2.05, 4.69) is 5.32 Å². The molecule has 0 bridgehead atoms. The Morgan fingerprint density at radius 1 is 1.50 bits per heavy atom. The van der Waals surface area contributed by atoms with E-state index in [1.54, 1.807) is 13.8 Å². The smallest absolute Gasteiger partial charge is 0.270 e. The minimum Gasteiger partial charge on any atom is -0.398 e. The van der Waals surface area contributed by atoms with Crippen LogP contribution in [0.2, 0.25) is 0 Å². The summed E-state index contributed by atoms with van der Waals surface area (Å²) in [5.41, 5.74) is 10.9. The molecule has 98 valence electrons. The fourth-order valence-corrected chi connectivity index (χ4v) is 1.26. The SMILES string of the molecule is CC(C)(N)CNC(=O)c1cc([N+](=O)[O-])ccc1N. The van der Waals surface area contributed by atoms with Crippen LogP contribution in [0.15, 0.2) is 18.2 Å². The molecule has 1 aromatic rings. The summed E-state index contributed by atoms with van der Waals surface area (Å²) >= 11 is 0. The molecule has 7 nitrogen and oxygen atoms in total. The van der Waals surface area contributed by atoms with Crippen LogP contribution in [0, 0.1) is 10.1 Å². The largest absolute Gasteiger partial charge is 0.398 e. The standard InChI is InChI=1S/C11H16N4O3/c1-11(2,13)6-14-10(16)8-5-7(15(17)18)3-4-9(8)12/h3-5H,6,12-13H2,1-2H3,(H,14,16). The molecule has 0 atom stereocenters. The van der Waals surface area contributed by atoms with E-state index in [9.17, 15) is 14.9 Å². The first-order chi connectivity index (χ1) is 8.20. The molecular formula is C11H16N4O3. The highest BCUT2D eigenvalue weighted by molar-refractivity contribution is 5.99. The molecule has 5 N–H and O–H groups in total. The molecule has 0 radical (unpaired) electrons. The van der Waals surface area contributed by atoms with Gasteiger partial charge in [0, 0.05) is 29.9 Å². The Hall–Kier alpha value is -2.15. The Morgan fingerprint density at radius 2 is 2.11 bits per heavy atom. The summed E-state index contributed by atoms with van der Waals surface area (Å²) < 4.78 is 0. The third-order valence-corrected chi connectivity index (χ3v) is 2.20. The highest BCUT2D eigenvalue weighted by Crippen LogP contribution is 2.19. The van der Waals surface area contributed by atoms with Crippen LogP contribution in [0.4, 0.5) is 11.4 Å². The quantitative estimate of drug-likeness (QED) is 0.412. The monoisotopic (exact) mass is 252 g/mol. The molecule has 0 heterocycles. The number of carbonyl (C=O) groups is 1. The molecule has 0 aliphatic heterocycles. The molecule has 7 heteroatoms. The number of nitrogens with two attached hydrogens (primary N) is 2. The Kier molecular flexibility index (Phi) is 3.87. The number of amides is 1. The Bertz CT molecular complexity index is 480. The summed E-state index contributed by atoms with van der Waals surface area (Å²) in [5.74, 6) is -0.477. The van der Waals surface area contributed by atoms with Gasteiger partial charge in [-0.3, -0.25) is 14.9 Å². The van der Waals surface area contributed by atoms with Gasteiger partial charge in [0.25, 0.3) is 11.6 Å². The molecule has 0 fully saturated rings. The van der Waals surface area contributed by atoms with Crippen molar-refractivity contribution in [3.8, 4) is 0 Å². The van der Waals surface area contributed by atoms with E-state index < -0.39 is 16.4 Å². The number of carbonyl (C=O) groups excluding carboxylic acids is 1. The summed E-state index contributed by atoms with van der Waals surface area (Å²) in [4.78, 5) is 21.9. The number of non-ortho nitro benzene ring substituents is 1. The zero-order valence-electron chi connectivity index (χ0n) is 10.3. The molecule has 0 saturated heterocycles. The molecule has 0 saturated carbocycles. The van der Waals surface area contributed by atoms with Gasteiger partial charge in [-0.05, 0) is 19.9 Å². The molecule has 1 rings (SSSR count). The van der Waals surface area contributed by atoms with Gasteiger partial charge in [0.1, 0.15) is 0 Å². The van der Waals surface area contributed by atoms with Crippen LogP contribution in [-0.2, 0) is 0 Å². The third kappa shape index (κ3) is 3.70. The van der Waals surface area contributed by atoms with Gasteiger partial charge in [-0.2, -0.15) is 0 Å². The van der Waals surface area contributed by atoms with E-state index in [1.165, 1.54) is 12.1 Å². The zero-order chi connectivity index (χ0) is 13.9. The number of nitrogen functional groups attached to an aromatic ring is 1. The lowest BCUT2D eigenvalue weighted by atomic mass is 10.1. The first kappa shape index (κ1) is 13.9. The van der Waals surface area contributed by atoms with Crippen LogP contribution < -0.4 is 16.8 Å². The molecule has 1 amide bonds. The lowest BCUT2D eigenvalue weighted by Gasteiger charge is -2.19. The molecule has 0 unspecified atom stereocenters. The maximum Gasteiger partial charge on any atom is 0.270 e. The van der Waals surface area contributed by atoms with E-state index >= 15 is 0 Å². The second kappa shape index (κ2) is 5.01. The summed E-state index contributed by atoms with van der Waals surface area (Å²) in [6.07, 6.45) is 0. The van der Waals surface area contributed by atoms with Gasteiger partial charge in [-0.15, -0.1) is 0 Å². The minimum atomic E-state index is -0.580. The molecule has 0 aromatic heterocycles. The average Bonchev–Trinajstić information content (AvgIpc) is 2.25. The normalized spacial score (nSPS) is 11.1. The molecule has 18 heavy (non-hydrogen) atoms. The van der Waals surface area contributed by atoms with Crippen molar-refractivity contribution in [2.24, 2.45) is 5.73 Å². The number of nitro groups is 1. The number of benzene rings is 1. The zero-order valence-corrected chi connectivity index (χ0v) is 10.3. The van der Waals surface area contributed by atoms with Gasteiger partial charge >= 0.3 is 0 Å². The van der Waals surface area contributed by atoms with E-state index in [-0.39, 0.29) is 23.5 Å². The van der Waals surface area contributed by atoms with Crippen molar-refractivity contribution in [3.05, 3.63) is 33.9 Å². The maximum absolute atomic E-state index is 11.8. The van der Waals surface area contributed by atoms with Crippen LogP contribution >= 0.6 is 0 Å². The Balaban J connectivity index is 2.91. The Morgan fingerprint density at radius 3 is 2.61 bits per heavy atom. The van der Waals surface area contributed by atoms with Crippen LogP contribution in [-0.4, -0.2) is 22.9 Å². The fraction of sp³-hybridized carbons (Fsp3) is 0.364. The van der Waals surface area contributed by atoms with Crippen LogP contribution in [0.5, 0.6) is 0 Å². The van der Waals surface area contributed by atoms with Crippen molar-refractivity contribution < 1.29 is 9.72 Å². The molecular weight excluding hydrogens is 236 g/mol. The van der Waals surface area contributed by atoms with Gasteiger partial charge in [0.2, 0.25) is 0 Å². The van der Waals surface area contributed by atoms with E-state index in [4.69, 9.17) is 11.5 Å². The number of nitrogens with one attached hydrogen (secondary N) is 1. The van der Waals surface area contributed by atoms with Gasteiger partial charge in [-0.1, -0.05) is 0 Å². The molecule has 0 aliphatic rings. The van der Waals surface area contributed by atoms with Crippen molar-refractivity contribution in [2.45, 2.75) is 19.4 Å².